The molecule has 2 amide bonds. The number of hydrogen-bond donors (Lipinski definition) is 0. The van der Waals surface area contributed by atoms with E-state index >= 15 is 0 Å². The number of hydrazone groups is 1. The summed E-state index contributed by atoms with van der Waals surface area (Å²) in [6, 6.07) is 26.2. The molecule has 3 heterocycles. The van der Waals surface area contributed by atoms with Crippen molar-refractivity contribution in [1.29, 1.82) is 0 Å². The third kappa shape index (κ3) is 3.19. The third-order valence-electron chi connectivity index (χ3n) is 7.68. The molecular weight excluding hydrogens is 486 g/mol. The summed E-state index contributed by atoms with van der Waals surface area (Å²) in [4.78, 5) is 43.3. The summed E-state index contributed by atoms with van der Waals surface area (Å²) in [5.41, 5.74) is 2.71. The Morgan fingerprint density at radius 2 is 1.49 bits per heavy atom. The van der Waals surface area contributed by atoms with Crippen LogP contribution < -0.4 is 4.90 Å². The van der Waals surface area contributed by atoms with E-state index < -0.39 is 23.9 Å². The maximum Gasteiger partial charge on any atom is 0.240 e. The summed E-state index contributed by atoms with van der Waals surface area (Å²) < 4.78 is 0. The van der Waals surface area contributed by atoms with Crippen LogP contribution in [0.4, 0.5) is 5.69 Å². The number of ketones is 1. The number of carbonyl (C=O) groups is 3. The molecule has 0 bridgehead atoms. The number of Topliss-reactive ketones (excluding diaryl/α,β-unsaturated/α-hetero) is 1. The maximum atomic E-state index is 14.0. The number of halogens is 1. The Balaban J connectivity index is 1.37. The maximum absolute atomic E-state index is 14.0. The summed E-state index contributed by atoms with van der Waals surface area (Å²) in [5.74, 6) is -2.54. The number of carbonyl (C=O) groups excluding carboxylic acids is 3. The van der Waals surface area contributed by atoms with E-state index in [1.807, 2.05) is 60.7 Å². The molecule has 7 heteroatoms. The molecule has 4 aromatic rings. The minimum Gasteiger partial charge on any atom is -0.292 e. The summed E-state index contributed by atoms with van der Waals surface area (Å²) in [7, 11) is 0. The Hall–Kier alpha value is -4.29. The van der Waals surface area contributed by atoms with Gasteiger partial charge in [-0.2, -0.15) is 5.10 Å². The quantitative estimate of drug-likeness (QED) is 0.281. The van der Waals surface area contributed by atoms with Crippen molar-refractivity contribution in [2.45, 2.75) is 12.1 Å². The van der Waals surface area contributed by atoms with Gasteiger partial charge in [0.1, 0.15) is 6.04 Å². The summed E-state index contributed by atoms with van der Waals surface area (Å²) >= 11 is 6.05. The van der Waals surface area contributed by atoms with Gasteiger partial charge >= 0.3 is 0 Å². The van der Waals surface area contributed by atoms with Gasteiger partial charge in [0.2, 0.25) is 11.8 Å². The molecule has 2 saturated heterocycles. The highest BCUT2D eigenvalue weighted by atomic mass is 35.5. The fourth-order valence-corrected chi connectivity index (χ4v) is 6.15. The Kier molecular flexibility index (Phi) is 4.81. The largest absolute Gasteiger partial charge is 0.292 e. The number of imide groups is 1. The molecule has 3 aliphatic rings. The van der Waals surface area contributed by atoms with Gasteiger partial charge in [0.15, 0.2) is 5.78 Å². The van der Waals surface area contributed by atoms with Crippen molar-refractivity contribution < 1.29 is 14.4 Å². The molecule has 0 saturated carbocycles. The molecule has 0 aliphatic carbocycles. The second-order valence-electron chi connectivity index (χ2n) is 9.61. The SMILES string of the molecule is O=C(c1ccc(Cl)cc1)[C@@H]1[C@@H]2C(=O)N(c3ccc4ccccc4c3)C(=O)[C@@H]2[C@H]2c3ccccc3C=NN12. The first kappa shape index (κ1) is 21.9. The second kappa shape index (κ2) is 8.11. The van der Waals surface area contributed by atoms with Gasteiger partial charge in [-0.25, -0.2) is 4.90 Å². The Bertz CT molecular complexity index is 1650. The van der Waals surface area contributed by atoms with Crippen LogP contribution >= 0.6 is 11.6 Å². The highest BCUT2D eigenvalue weighted by Gasteiger charge is 2.65. The number of rotatable bonds is 3. The molecule has 4 aromatic carbocycles. The third-order valence-corrected chi connectivity index (χ3v) is 7.93. The summed E-state index contributed by atoms with van der Waals surface area (Å²) in [6.07, 6.45) is 1.70. The number of amides is 2. The predicted octanol–water partition coefficient (Wildman–Crippen LogP) is 5.25. The molecule has 0 spiro atoms. The first-order chi connectivity index (χ1) is 18.0. The van der Waals surface area contributed by atoms with E-state index in [0.29, 0.717) is 16.3 Å². The van der Waals surface area contributed by atoms with Crippen LogP contribution in [-0.4, -0.2) is 34.9 Å². The number of hydrogen-bond acceptors (Lipinski definition) is 5. The lowest BCUT2D eigenvalue weighted by Gasteiger charge is -2.33. The molecule has 0 N–H and O–H groups in total. The van der Waals surface area contributed by atoms with Crippen molar-refractivity contribution in [2.75, 3.05) is 4.90 Å². The van der Waals surface area contributed by atoms with Crippen molar-refractivity contribution in [2.24, 2.45) is 16.9 Å². The van der Waals surface area contributed by atoms with Crippen molar-refractivity contribution >= 4 is 51.9 Å². The zero-order chi connectivity index (χ0) is 25.3. The first-order valence-electron chi connectivity index (χ1n) is 12.1. The minimum absolute atomic E-state index is 0.257. The van der Waals surface area contributed by atoms with Crippen LogP contribution in [0.3, 0.4) is 0 Å². The Morgan fingerprint density at radius 1 is 0.784 bits per heavy atom. The molecule has 6 nitrogen and oxygen atoms in total. The molecule has 37 heavy (non-hydrogen) atoms. The van der Waals surface area contributed by atoms with Gasteiger partial charge < -0.3 is 0 Å². The van der Waals surface area contributed by atoms with Crippen molar-refractivity contribution in [1.82, 2.24) is 5.01 Å². The van der Waals surface area contributed by atoms with Crippen LogP contribution in [0.1, 0.15) is 27.5 Å². The van der Waals surface area contributed by atoms with Gasteiger partial charge in [0, 0.05) is 10.6 Å². The van der Waals surface area contributed by atoms with Gasteiger partial charge in [-0.15, -0.1) is 0 Å². The lowest BCUT2D eigenvalue weighted by Crippen LogP contribution is -2.44. The average molecular weight is 506 g/mol. The van der Waals surface area contributed by atoms with Crippen molar-refractivity contribution in [3.05, 3.63) is 113 Å². The standard InChI is InChI=1S/C30H20ClN3O3/c31-21-12-9-18(10-13-21)28(35)27-25-24(26-23-8-4-3-7-20(23)16-32-34(26)27)29(36)33(30(25)37)22-14-11-17-5-1-2-6-19(17)15-22/h1-16,24-27H/t24-,25+,26+,27-/m0/s1. The van der Waals surface area contributed by atoms with Gasteiger partial charge in [-0.05, 0) is 58.3 Å². The molecule has 2 fully saturated rings. The monoisotopic (exact) mass is 505 g/mol. The van der Waals surface area contributed by atoms with Crippen molar-refractivity contribution in [3.8, 4) is 0 Å². The zero-order valence-corrected chi connectivity index (χ0v) is 20.2. The number of fused-ring (bicyclic) bond motifs is 6. The number of benzene rings is 4. The van der Waals surface area contributed by atoms with Crippen LogP contribution in [0.15, 0.2) is 96.1 Å². The minimum atomic E-state index is -0.914. The molecular formula is C30H20ClN3O3. The van der Waals surface area contributed by atoms with E-state index in [4.69, 9.17) is 11.6 Å². The van der Waals surface area contributed by atoms with Crippen LogP contribution in [0.25, 0.3) is 10.8 Å². The van der Waals surface area contributed by atoms with E-state index in [2.05, 4.69) is 5.10 Å². The van der Waals surface area contributed by atoms with Crippen LogP contribution in [0.5, 0.6) is 0 Å². The van der Waals surface area contributed by atoms with Gasteiger partial charge in [-0.3, -0.25) is 19.4 Å². The van der Waals surface area contributed by atoms with Crippen LogP contribution in [0.2, 0.25) is 5.02 Å². The van der Waals surface area contributed by atoms with E-state index in [-0.39, 0.29) is 17.6 Å². The lowest BCUT2D eigenvalue weighted by molar-refractivity contribution is -0.124. The molecule has 0 unspecified atom stereocenters. The molecule has 0 radical (unpaired) electrons. The summed E-state index contributed by atoms with van der Waals surface area (Å²) in [6.45, 7) is 0. The lowest BCUT2D eigenvalue weighted by atomic mass is 9.83. The van der Waals surface area contributed by atoms with Gasteiger partial charge in [0.25, 0.3) is 0 Å². The highest BCUT2D eigenvalue weighted by Crippen LogP contribution is 2.53. The zero-order valence-electron chi connectivity index (χ0n) is 19.5. The smallest absolute Gasteiger partial charge is 0.240 e. The predicted molar refractivity (Wildman–Crippen MR) is 142 cm³/mol. The molecule has 0 aromatic heterocycles. The van der Waals surface area contributed by atoms with E-state index in [9.17, 15) is 14.4 Å². The topological polar surface area (TPSA) is 70.0 Å². The Labute approximate surface area is 217 Å². The number of nitrogens with zero attached hydrogens (tertiary/aromatic N) is 3. The molecule has 4 atom stereocenters. The van der Waals surface area contributed by atoms with Gasteiger partial charge in [0.05, 0.1) is 29.8 Å². The fourth-order valence-electron chi connectivity index (χ4n) is 6.02. The van der Waals surface area contributed by atoms with Crippen LogP contribution in [-0.2, 0) is 9.59 Å². The van der Waals surface area contributed by atoms with E-state index in [0.717, 1.165) is 21.9 Å². The highest BCUT2D eigenvalue weighted by molar-refractivity contribution is 6.30. The molecule has 3 aliphatic heterocycles. The molecule has 180 valence electrons. The normalized spacial score (nSPS) is 23.8. The van der Waals surface area contributed by atoms with Crippen LogP contribution in [0, 0.1) is 11.8 Å². The van der Waals surface area contributed by atoms with Gasteiger partial charge in [-0.1, -0.05) is 66.2 Å². The van der Waals surface area contributed by atoms with Crippen molar-refractivity contribution in [3.63, 3.8) is 0 Å². The van der Waals surface area contributed by atoms with E-state index in [1.54, 1.807) is 41.6 Å². The first-order valence-corrected chi connectivity index (χ1v) is 12.5. The Morgan fingerprint density at radius 3 is 2.30 bits per heavy atom. The second-order valence-corrected chi connectivity index (χ2v) is 10.0. The molecule has 7 rings (SSSR count). The summed E-state index contributed by atoms with van der Waals surface area (Å²) in [5, 5.41) is 8.74. The fraction of sp³-hybridized carbons (Fsp3) is 0.133. The number of anilines is 1. The van der Waals surface area contributed by atoms with E-state index in [1.165, 1.54) is 4.90 Å². The average Bonchev–Trinajstić information content (AvgIpc) is 3.40.